The molecule has 0 saturated heterocycles. The molecule has 0 atom stereocenters. The largest absolute Gasteiger partial charge is 0.493 e. The highest BCUT2D eigenvalue weighted by Gasteiger charge is 2.13. The van der Waals surface area contributed by atoms with Gasteiger partial charge in [-0.15, -0.1) is 0 Å². The Balaban J connectivity index is 1.82. The van der Waals surface area contributed by atoms with Crippen LogP contribution < -0.4 is 14.8 Å². The summed E-state index contributed by atoms with van der Waals surface area (Å²) in [5.74, 6) is 1.65. The first kappa shape index (κ1) is 14.0. The zero-order chi connectivity index (χ0) is 14.5. The number of fused-ring (bicyclic) bond motifs is 1. The molecule has 110 valence electrons. The number of methoxy groups -OCH3 is 1. The molecule has 0 amide bonds. The van der Waals surface area contributed by atoms with Crippen molar-refractivity contribution in [2.45, 2.75) is 26.0 Å². The Hall–Kier alpha value is -2.00. The molecule has 0 radical (unpaired) electrons. The number of hydrogen-bond acceptors (Lipinski definition) is 3. The van der Waals surface area contributed by atoms with E-state index < -0.39 is 0 Å². The third kappa shape index (κ3) is 3.37. The molecule has 1 heterocycles. The fraction of sp³-hybridized carbons (Fsp3) is 0.333. The van der Waals surface area contributed by atoms with Crippen LogP contribution in [0.1, 0.15) is 23.1 Å². The summed E-state index contributed by atoms with van der Waals surface area (Å²) in [6.07, 6.45) is 2.26. The second-order valence-electron chi connectivity index (χ2n) is 5.33. The number of hydrogen-bond donors (Lipinski definition) is 1. The molecule has 0 bridgehead atoms. The molecule has 1 aliphatic rings. The molecule has 1 aliphatic heterocycles. The van der Waals surface area contributed by atoms with Gasteiger partial charge >= 0.3 is 0 Å². The number of benzene rings is 2. The van der Waals surface area contributed by atoms with Crippen LogP contribution >= 0.6 is 0 Å². The van der Waals surface area contributed by atoms with Crippen LogP contribution in [0.4, 0.5) is 0 Å². The van der Waals surface area contributed by atoms with Crippen molar-refractivity contribution in [1.82, 2.24) is 5.32 Å². The average molecular weight is 283 g/mol. The van der Waals surface area contributed by atoms with Crippen molar-refractivity contribution in [2.24, 2.45) is 0 Å². The molecule has 0 fully saturated rings. The van der Waals surface area contributed by atoms with Crippen LogP contribution in [-0.4, -0.2) is 13.7 Å². The van der Waals surface area contributed by atoms with Gasteiger partial charge in [-0.05, 0) is 48.2 Å². The van der Waals surface area contributed by atoms with Gasteiger partial charge in [-0.2, -0.15) is 0 Å². The Morgan fingerprint density at radius 1 is 1.05 bits per heavy atom. The molecule has 3 heteroatoms. The van der Waals surface area contributed by atoms with Gasteiger partial charge in [0.2, 0.25) is 0 Å². The lowest BCUT2D eigenvalue weighted by atomic mass is 10.0. The Labute approximate surface area is 125 Å². The van der Waals surface area contributed by atoms with Crippen LogP contribution in [0.3, 0.4) is 0 Å². The maximum absolute atomic E-state index is 5.98. The molecular weight excluding hydrogens is 262 g/mol. The topological polar surface area (TPSA) is 30.5 Å². The summed E-state index contributed by atoms with van der Waals surface area (Å²) in [7, 11) is 1.70. The van der Waals surface area contributed by atoms with Crippen molar-refractivity contribution in [3.8, 4) is 11.5 Å². The smallest absolute Gasteiger partial charge is 0.161 e. The summed E-state index contributed by atoms with van der Waals surface area (Å²) in [6.45, 7) is 2.54. The van der Waals surface area contributed by atoms with Gasteiger partial charge in [0.05, 0.1) is 7.11 Å². The fourth-order valence-electron chi connectivity index (χ4n) is 2.68. The van der Waals surface area contributed by atoms with Gasteiger partial charge in [0.25, 0.3) is 0 Å². The zero-order valence-electron chi connectivity index (χ0n) is 12.4. The minimum Gasteiger partial charge on any atom is -0.493 e. The van der Waals surface area contributed by atoms with E-state index in [9.17, 15) is 0 Å². The van der Waals surface area contributed by atoms with E-state index in [1.54, 1.807) is 7.11 Å². The van der Waals surface area contributed by atoms with Crippen LogP contribution in [0.2, 0.25) is 0 Å². The van der Waals surface area contributed by atoms with Crippen LogP contribution in [-0.2, 0) is 19.6 Å². The lowest BCUT2D eigenvalue weighted by Gasteiger charge is -2.15. The Kier molecular flexibility index (Phi) is 4.41. The van der Waals surface area contributed by atoms with E-state index in [-0.39, 0.29) is 0 Å². The number of aryl methyl sites for hydroxylation is 1. The number of ether oxygens (including phenoxy) is 2. The van der Waals surface area contributed by atoms with Gasteiger partial charge in [-0.25, -0.2) is 0 Å². The van der Waals surface area contributed by atoms with E-state index >= 15 is 0 Å². The second kappa shape index (κ2) is 6.64. The van der Waals surface area contributed by atoms with E-state index in [2.05, 4.69) is 29.6 Å². The van der Waals surface area contributed by atoms with Crippen LogP contribution in [0.25, 0.3) is 0 Å². The van der Waals surface area contributed by atoms with E-state index in [4.69, 9.17) is 9.47 Å². The summed E-state index contributed by atoms with van der Waals surface area (Å²) in [5, 5.41) is 3.44. The molecular formula is C18H21NO2. The third-order valence-electron chi connectivity index (χ3n) is 3.84. The zero-order valence-corrected chi connectivity index (χ0v) is 12.4. The summed E-state index contributed by atoms with van der Waals surface area (Å²) >= 11 is 0. The normalized spacial score (nSPS) is 14.1. The van der Waals surface area contributed by atoms with E-state index in [1.807, 2.05) is 18.2 Å². The monoisotopic (exact) mass is 283 g/mol. The molecule has 2 aromatic carbocycles. The molecule has 0 aliphatic carbocycles. The summed E-state index contributed by atoms with van der Waals surface area (Å²) in [6, 6.07) is 14.5. The summed E-state index contributed by atoms with van der Waals surface area (Å²) in [4.78, 5) is 0. The maximum Gasteiger partial charge on any atom is 0.161 e. The van der Waals surface area contributed by atoms with Gasteiger partial charge < -0.3 is 14.8 Å². The van der Waals surface area contributed by atoms with E-state index in [1.165, 1.54) is 11.1 Å². The van der Waals surface area contributed by atoms with Crippen LogP contribution in [0.15, 0.2) is 42.5 Å². The molecule has 3 rings (SSSR count). The molecule has 2 aromatic rings. The minimum atomic E-state index is 0.564. The van der Waals surface area contributed by atoms with Crippen LogP contribution in [0.5, 0.6) is 11.5 Å². The minimum absolute atomic E-state index is 0.564. The summed E-state index contributed by atoms with van der Waals surface area (Å²) in [5.41, 5.74) is 3.84. The molecule has 1 N–H and O–H groups in total. The first-order valence-electron chi connectivity index (χ1n) is 7.44. The average Bonchev–Trinajstić information content (AvgIpc) is 2.77. The highest BCUT2D eigenvalue weighted by atomic mass is 16.5. The lowest BCUT2D eigenvalue weighted by Crippen LogP contribution is -2.12. The van der Waals surface area contributed by atoms with Crippen molar-refractivity contribution in [2.75, 3.05) is 13.7 Å². The maximum atomic E-state index is 5.98. The molecule has 0 aromatic heterocycles. The van der Waals surface area contributed by atoms with Gasteiger partial charge in [-0.1, -0.05) is 30.3 Å². The van der Waals surface area contributed by atoms with Gasteiger partial charge in [0.1, 0.15) is 6.61 Å². The lowest BCUT2D eigenvalue weighted by molar-refractivity contribution is 0.284. The Morgan fingerprint density at radius 3 is 2.67 bits per heavy atom. The van der Waals surface area contributed by atoms with Gasteiger partial charge in [0, 0.05) is 6.54 Å². The van der Waals surface area contributed by atoms with Gasteiger partial charge in [0.15, 0.2) is 11.5 Å². The Morgan fingerprint density at radius 2 is 1.86 bits per heavy atom. The second-order valence-corrected chi connectivity index (χ2v) is 5.33. The van der Waals surface area contributed by atoms with Gasteiger partial charge in [-0.3, -0.25) is 0 Å². The number of nitrogens with one attached hydrogen (secondary N) is 1. The molecule has 0 unspecified atom stereocenters. The Bertz CT molecular complexity index is 596. The van der Waals surface area contributed by atoms with Crippen LogP contribution in [0, 0.1) is 0 Å². The quantitative estimate of drug-likeness (QED) is 0.934. The predicted octanol–water partition coefficient (Wildman–Crippen LogP) is 3.31. The number of rotatable bonds is 4. The van der Waals surface area contributed by atoms with Crippen molar-refractivity contribution < 1.29 is 9.47 Å². The summed E-state index contributed by atoms with van der Waals surface area (Å²) < 4.78 is 11.5. The molecule has 3 nitrogen and oxygen atoms in total. The van der Waals surface area contributed by atoms with Crippen molar-refractivity contribution in [1.29, 1.82) is 0 Å². The highest BCUT2D eigenvalue weighted by Crippen LogP contribution is 2.32. The molecule has 0 spiro atoms. The first-order valence-corrected chi connectivity index (χ1v) is 7.44. The fourth-order valence-corrected chi connectivity index (χ4v) is 2.68. The molecule has 21 heavy (non-hydrogen) atoms. The van der Waals surface area contributed by atoms with Crippen molar-refractivity contribution >= 4 is 0 Å². The van der Waals surface area contributed by atoms with Crippen molar-refractivity contribution in [3.63, 3.8) is 0 Å². The first-order chi connectivity index (χ1) is 10.4. The standard InChI is InChI=1S/C18H21NO2/c1-20-17-11-16-12-19-9-5-8-15(16)10-18(17)21-13-14-6-3-2-4-7-14/h2-4,6-7,10-11,19H,5,8-9,12-13H2,1H3. The SMILES string of the molecule is COc1cc2c(cc1OCc1ccccc1)CCCNC2. The molecule has 0 saturated carbocycles. The highest BCUT2D eigenvalue weighted by molar-refractivity contribution is 5.48. The third-order valence-corrected chi connectivity index (χ3v) is 3.84. The van der Waals surface area contributed by atoms with E-state index in [0.29, 0.717) is 6.61 Å². The van der Waals surface area contributed by atoms with E-state index in [0.717, 1.165) is 43.0 Å². The van der Waals surface area contributed by atoms with Crippen molar-refractivity contribution in [3.05, 3.63) is 59.2 Å². The predicted molar refractivity (Wildman–Crippen MR) is 83.8 cm³/mol.